The minimum absolute atomic E-state index is 0.597. The Balaban J connectivity index is 1.53. The summed E-state index contributed by atoms with van der Waals surface area (Å²) in [5, 5.41) is 14.0. The minimum atomic E-state index is 0.597. The molecule has 0 amide bonds. The monoisotopic (exact) mass is 487 g/mol. The molecule has 0 aliphatic carbocycles. The summed E-state index contributed by atoms with van der Waals surface area (Å²) in [6.07, 6.45) is 0. The normalized spacial score (nSPS) is 13.3. The van der Waals surface area contributed by atoms with Gasteiger partial charge in [0.1, 0.15) is 11.1 Å². The smallest absolute Gasteiger partial charge is 0.297 e. The highest BCUT2D eigenvalue weighted by Gasteiger charge is 2.36. The van der Waals surface area contributed by atoms with Crippen LogP contribution in [0.1, 0.15) is 16.7 Å². The van der Waals surface area contributed by atoms with Gasteiger partial charge >= 0.3 is 0 Å². The fourth-order valence-corrected chi connectivity index (χ4v) is 5.55. The van der Waals surface area contributed by atoms with Gasteiger partial charge in [-0.3, -0.25) is 0 Å². The van der Waals surface area contributed by atoms with Gasteiger partial charge in [0, 0.05) is 21.5 Å². The summed E-state index contributed by atoms with van der Waals surface area (Å²) in [7, 11) is 0. The van der Waals surface area contributed by atoms with E-state index in [0.717, 1.165) is 66.5 Å². The molecule has 1 aliphatic heterocycles. The van der Waals surface area contributed by atoms with Gasteiger partial charge in [0.2, 0.25) is 0 Å². The Labute approximate surface area is 217 Å². The zero-order chi connectivity index (χ0) is 25.2. The van der Waals surface area contributed by atoms with Gasteiger partial charge in [-0.1, -0.05) is 71.7 Å². The molecule has 0 saturated heterocycles. The number of para-hydroxylation sites is 2. The molecule has 0 spiro atoms. The van der Waals surface area contributed by atoms with Crippen LogP contribution < -0.4 is 0 Å². The van der Waals surface area contributed by atoms with Crippen LogP contribution in [0.4, 0.5) is 0 Å². The molecule has 0 radical (unpaired) electrons. The standard InChI is InChI=1S/C33H19N4O/c34-20-21-9-8-12-23(19-21)33-35-32(22-10-2-1-3-11-22)37(33)36-28-15-6-4-13-24(28)26-17-18-27-25-14-5-7-16-29(25)38-31(27)30(26)36/h1-19H/q+1. The van der Waals surface area contributed by atoms with Crippen LogP contribution in [0.3, 0.4) is 0 Å². The fourth-order valence-electron chi connectivity index (χ4n) is 5.55. The highest BCUT2D eigenvalue weighted by atomic mass is 16.3. The zero-order valence-electron chi connectivity index (χ0n) is 20.2. The number of amidine groups is 2. The Kier molecular flexibility index (Phi) is 4.23. The maximum absolute atomic E-state index is 9.56. The molecular weight excluding hydrogens is 468 g/mol. The number of hydrogen-bond acceptors (Lipinski definition) is 3. The van der Waals surface area contributed by atoms with Crippen molar-refractivity contribution in [2.24, 2.45) is 4.99 Å². The van der Waals surface area contributed by atoms with Gasteiger partial charge in [0.05, 0.1) is 28.3 Å². The minimum Gasteiger partial charge on any atom is -0.454 e. The van der Waals surface area contributed by atoms with Gasteiger partial charge in [-0.15, -0.1) is 4.68 Å². The molecule has 2 aromatic heterocycles. The van der Waals surface area contributed by atoms with E-state index < -0.39 is 0 Å². The molecule has 176 valence electrons. The lowest BCUT2D eigenvalue weighted by molar-refractivity contribution is -0.475. The second kappa shape index (κ2) is 7.76. The predicted octanol–water partition coefficient (Wildman–Crippen LogP) is 7.25. The van der Waals surface area contributed by atoms with Crippen LogP contribution in [0.15, 0.2) is 125 Å². The third-order valence-corrected chi connectivity index (χ3v) is 7.25. The molecule has 38 heavy (non-hydrogen) atoms. The summed E-state index contributed by atoms with van der Waals surface area (Å²) < 4.78 is 10.9. The number of nitriles is 1. The van der Waals surface area contributed by atoms with E-state index in [1.807, 2.05) is 60.7 Å². The largest absolute Gasteiger partial charge is 0.454 e. The first-order chi connectivity index (χ1) is 18.8. The van der Waals surface area contributed by atoms with E-state index in [1.165, 1.54) is 0 Å². The van der Waals surface area contributed by atoms with E-state index in [0.29, 0.717) is 5.56 Å². The first-order valence-electron chi connectivity index (χ1n) is 12.5. The van der Waals surface area contributed by atoms with E-state index in [9.17, 15) is 5.26 Å². The number of rotatable bonds is 3. The molecule has 7 aromatic rings. The number of nitrogens with zero attached hydrogens (tertiary/aromatic N) is 4. The summed E-state index contributed by atoms with van der Waals surface area (Å²) in [6, 6.07) is 41.0. The van der Waals surface area contributed by atoms with Crippen molar-refractivity contribution in [3.05, 3.63) is 132 Å². The third kappa shape index (κ3) is 2.80. The van der Waals surface area contributed by atoms with Gasteiger partial charge in [-0.05, 0) is 48.5 Å². The van der Waals surface area contributed by atoms with Gasteiger partial charge in [0.25, 0.3) is 11.7 Å². The Morgan fingerprint density at radius 2 is 1.42 bits per heavy atom. The van der Waals surface area contributed by atoms with Crippen molar-refractivity contribution in [3.63, 3.8) is 0 Å². The van der Waals surface area contributed by atoms with Crippen molar-refractivity contribution in [2.45, 2.75) is 0 Å². The number of aliphatic imine (C=N–C) groups is 1. The molecule has 5 aromatic carbocycles. The van der Waals surface area contributed by atoms with Crippen molar-refractivity contribution in [2.75, 3.05) is 0 Å². The van der Waals surface area contributed by atoms with Crippen LogP contribution >= 0.6 is 0 Å². The topological polar surface area (TPSA) is 57.2 Å². The van der Waals surface area contributed by atoms with Gasteiger partial charge in [-0.2, -0.15) is 9.94 Å². The molecule has 0 bridgehead atoms. The van der Waals surface area contributed by atoms with Crippen LogP contribution in [0.25, 0.3) is 43.7 Å². The number of fused-ring (bicyclic) bond motifs is 7. The second-order valence-corrected chi connectivity index (χ2v) is 9.40. The molecule has 0 atom stereocenters. The molecule has 0 fully saturated rings. The molecule has 0 unspecified atom stereocenters. The summed E-state index contributed by atoms with van der Waals surface area (Å²) >= 11 is 0. The SMILES string of the molecule is N#Cc1cccc(C2=[N+](n3c4ccccc4c4ccc5c6ccccc6oc5c43)C(c3ccccc3)=N2)c1. The molecule has 1 aliphatic rings. The van der Waals surface area contributed by atoms with E-state index in [1.54, 1.807) is 0 Å². The first-order valence-corrected chi connectivity index (χ1v) is 12.5. The zero-order valence-corrected chi connectivity index (χ0v) is 20.2. The van der Waals surface area contributed by atoms with Crippen molar-refractivity contribution in [1.82, 2.24) is 4.68 Å². The fraction of sp³-hybridized carbons (Fsp3) is 0. The Morgan fingerprint density at radius 1 is 0.684 bits per heavy atom. The number of hydrogen-bond donors (Lipinski definition) is 0. The second-order valence-electron chi connectivity index (χ2n) is 9.40. The van der Waals surface area contributed by atoms with Crippen LogP contribution in [0, 0.1) is 11.3 Å². The summed E-state index contributed by atoms with van der Waals surface area (Å²) in [5.74, 6) is 1.61. The first kappa shape index (κ1) is 20.7. The highest BCUT2D eigenvalue weighted by molar-refractivity contribution is 6.22. The molecule has 3 heterocycles. The third-order valence-electron chi connectivity index (χ3n) is 7.25. The van der Waals surface area contributed by atoms with Gasteiger partial charge in [-0.25, -0.2) is 0 Å². The number of benzene rings is 5. The summed E-state index contributed by atoms with van der Waals surface area (Å²) in [6.45, 7) is 0. The molecule has 0 N–H and O–H groups in total. The predicted molar refractivity (Wildman–Crippen MR) is 151 cm³/mol. The Hall–Kier alpha value is -5.47. The van der Waals surface area contributed by atoms with E-state index in [-0.39, 0.29) is 0 Å². The van der Waals surface area contributed by atoms with Crippen LogP contribution in [-0.2, 0) is 0 Å². The van der Waals surface area contributed by atoms with Crippen molar-refractivity contribution >= 4 is 55.4 Å². The highest BCUT2D eigenvalue weighted by Crippen LogP contribution is 2.39. The lowest BCUT2D eigenvalue weighted by atomic mass is 10.1. The lowest BCUT2D eigenvalue weighted by Gasteiger charge is -2.21. The molecular formula is C33H19N4O+. The quantitative estimate of drug-likeness (QED) is 0.247. The maximum atomic E-state index is 9.56. The van der Waals surface area contributed by atoms with Crippen molar-refractivity contribution < 1.29 is 9.10 Å². The molecule has 8 rings (SSSR count). The average molecular weight is 488 g/mol. The maximum Gasteiger partial charge on any atom is 0.297 e. The van der Waals surface area contributed by atoms with Crippen molar-refractivity contribution in [1.29, 1.82) is 5.26 Å². The molecule has 5 heteroatoms. The Bertz CT molecular complexity index is 2190. The number of aromatic nitrogens is 1. The molecule has 5 nitrogen and oxygen atoms in total. The van der Waals surface area contributed by atoms with E-state index in [2.05, 4.69) is 70.0 Å². The lowest BCUT2D eigenvalue weighted by Crippen LogP contribution is -2.41. The van der Waals surface area contributed by atoms with Gasteiger partial charge in [0.15, 0.2) is 5.58 Å². The number of furan rings is 1. The molecule has 0 saturated carbocycles. The Morgan fingerprint density at radius 3 is 2.29 bits per heavy atom. The average Bonchev–Trinajstić information content (AvgIpc) is 3.49. The summed E-state index contributed by atoms with van der Waals surface area (Å²) in [4.78, 5) is 5.01. The van der Waals surface area contributed by atoms with E-state index in [4.69, 9.17) is 9.41 Å². The van der Waals surface area contributed by atoms with Crippen molar-refractivity contribution in [3.8, 4) is 6.07 Å². The van der Waals surface area contributed by atoms with Crippen LogP contribution in [-0.4, -0.2) is 21.0 Å². The van der Waals surface area contributed by atoms with Crippen LogP contribution in [0.2, 0.25) is 0 Å². The van der Waals surface area contributed by atoms with Gasteiger partial charge < -0.3 is 4.42 Å². The summed E-state index contributed by atoms with van der Waals surface area (Å²) in [5.41, 5.74) is 6.22. The van der Waals surface area contributed by atoms with E-state index >= 15 is 0 Å². The van der Waals surface area contributed by atoms with Crippen LogP contribution in [0.5, 0.6) is 0 Å².